The SMILES string of the molecule is CC(C)n1ncc(Cl)c1C(=O)c1ccc(Cl)c(Cl)c1. The van der Waals surface area contributed by atoms with E-state index < -0.39 is 0 Å². The van der Waals surface area contributed by atoms with Crippen LogP contribution in [-0.4, -0.2) is 15.6 Å². The third kappa shape index (κ3) is 2.78. The molecule has 0 unspecified atom stereocenters. The van der Waals surface area contributed by atoms with Gasteiger partial charge >= 0.3 is 0 Å². The molecular weight excluding hydrogens is 307 g/mol. The first-order valence-electron chi connectivity index (χ1n) is 5.64. The van der Waals surface area contributed by atoms with Crippen molar-refractivity contribution in [2.24, 2.45) is 0 Å². The lowest BCUT2D eigenvalue weighted by molar-refractivity contribution is 0.102. The lowest BCUT2D eigenvalue weighted by Crippen LogP contribution is -2.13. The second-order valence-corrected chi connectivity index (χ2v) is 5.56. The average Bonchev–Trinajstić information content (AvgIpc) is 2.74. The van der Waals surface area contributed by atoms with Gasteiger partial charge in [-0.25, -0.2) is 0 Å². The van der Waals surface area contributed by atoms with Crippen LogP contribution in [0.2, 0.25) is 15.1 Å². The van der Waals surface area contributed by atoms with Crippen LogP contribution in [0.5, 0.6) is 0 Å². The van der Waals surface area contributed by atoms with Crippen molar-refractivity contribution in [2.45, 2.75) is 19.9 Å². The molecule has 0 radical (unpaired) electrons. The number of halogens is 3. The Morgan fingerprint density at radius 3 is 2.42 bits per heavy atom. The molecule has 0 aliphatic heterocycles. The molecule has 0 atom stereocenters. The Bertz CT molecular complexity index is 635. The van der Waals surface area contributed by atoms with Crippen LogP contribution in [0.1, 0.15) is 35.9 Å². The van der Waals surface area contributed by atoms with Crippen LogP contribution in [0.25, 0.3) is 0 Å². The number of ketones is 1. The van der Waals surface area contributed by atoms with Gasteiger partial charge in [-0.2, -0.15) is 5.10 Å². The zero-order chi connectivity index (χ0) is 14.2. The van der Waals surface area contributed by atoms with Gasteiger partial charge in [0, 0.05) is 11.6 Å². The van der Waals surface area contributed by atoms with E-state index in [2.05, 4.69) is 5.10 Å². The van der Waals surface area contributed by atoms with Crippen LogP contribution >= 0.6 is 34.8 Å². The summed E-state index contributed by atoms with van der Waals surface area (Å²) in [5, 5.41) is 5.17. The highest BCUT2D eigenvalue weighted by molar-refractivity contribution is 6.42. The van der Waals surface area contributed by atoms with E-state index in [0.29, 0.717) is 26.3 Å². The van der Waals surface area contributed by atoms with Gasteiger partial charge in [-0.1, -0.05) is 34.8 Å². The first kappa shape index (κ1) is 14.4. The lowest BCUT2D eigenvalue weighted by Gasteiger charge is -2.10. The highest BCUT2D eigenvalue weighted by Gasteiger charge is 2.21. The summed E-state index contributed by atoms with van der Waals surface area (Å²) in [5.74, 6) is -0.227. The third-order valence-electron chi connectivity index (χ3n) is 2.64. The Kier molecular flexibility index (Phi) is 4.19. The van der Waals surface area contributed by atoms with Gasteiger partial charge in [0.2, 0.25) is 5.78 Å². The maximum atomic E-state index is 12.5. The summed E-state index contributed by atoms with van der Waals surface area (Å²) in [7, 11) is 0. The van der Waals surface area contributed by atoms with Crippen LogP contribution in [0.4, 0.5) is 0 Å². The van der Waals surface area contributed by atoms with Crippen molar-refractivity contribution in [1.29, 1.82) is 0 Å². The molecular formula is C13H11Cl3N2O. The first-order chi connectivity index (χ1) is 8.91. The van der Waals surface area contributed by atoms with Crippen LogP contribution in [0.3, 0.4) is 0 Å². The lowest BCUT2D eigenvalue weighted by atomic mass is 10.1. The Balaban J connectivity index is 2.49. The monoisotopic (exact) mass is 316 g/mol. The number of benzene rings is 1. The molecule has 0 bridgehead atoms. The van der Waals surface area contributed by atoms with Crippen molar-refractivity contribution in [3.8, 4) is 0 Å². The number of carbonyl (C=O) groups is 1. The summed E-state index contributed by atoms with van der Waals surface area (Å²) < 4.78 is 1.59. The molecule has 0 N–H and O–H groups in total. The van der Waals surface area contributed by atoms with Crippen molar-refractivity contribution in [2.75, 3.05) is 0 Å². The van der Waals surface area contributed by atoms with E-state index in [1.165, 1.54) is 12.3 Å². The molecule has 100 valence electrons. The Morgan fingerprint density at radius 1 is 1.16 bits per heavy atom. The summed E-state index contributed by atoms with van der Waals surface area (Å²) in [6, 6.07) is 4.76. The fourth-order valence-corrected chi connectivity index (χ4v) is 2.23. The normalized spacial score (nSPS) is 11.1. The molecule has 0 fully saturated rings. The van der Waals surface area contributed by atoms with Crippen molar-refractivity contribution < 1.29 is 4.79 Å². The van der Waals surface area contributed by atoms with Gasteiger partial charge in [0.05, 0.1) is 21.3 Å². The smallest absolute Gasteiger partial charge is 0.212 e. The molecule has 0 aliphatic carbocycles. The largest absolute Gasteiger partial charge is 0.287 e. The minimum atomic E-state index is -0.227. The van der Waals surface area contributed by atoms with Gasteiger partial charge in [0.15, 0.2) is 0 Å². The molecule has 1 aromatic heterocycles. The fraction of sp³-hybridized carbons (Fsp3) is 0.231. The van der Waals surface area contributed by atoms with Gasteiger partial charge < -0.3 is 0 Å². The molecule has 6 heteroatoms. The van der Waals surface area contributed by atoms with Crippen molar-refractivity contribution in [3.63, 3.8) is 0 Å². The second-order valence-electron chi connectivity index (χ2n) is 4.34. The average molecular weight is 318 g/mol. The summed E-state index contributed by atoms with van der Waals surface area (Å²) in [5.41, 5.74) is 0.786. The molecule has 0 saturated carbocycles. The fourth-order valence-electron chi connectivity index (χ4n) is 1.72. The number of aromatic nitrogens is 2. The molecule has 1 aromatic carbocycles. The van der Waals surface area contributed by atoms with Crippen LogP contribution in [0, 0.1) is 0 Å². The predicted octanol–water partition coefficient (Wildman–Crippen LogP) is 4.66. The van der Waals surface area contributed by atoms with Crippen molar-refractivity contribution >= 4 is 40.6 Å². The molecule has 0 saturated heterocycles. The van der Waals surface area contributed by atoms with Crippen LogP contribution < -0.4 is 0 Å². The van der Waals surface area contributed by atoms with E-state index in [9.17, 15) is 4.79 Å². The number of hydrogen-bond acceptors (Lipinski definition) is 2. The van der Waals surface area contributed by atoms with Gasteiger partial charge in [0.25, 0.3) is 0 Å². The first-order valence-corrected chi connectivity index (χ1v) is 6.78. The molecule has 0 aliphatic rings. The van der Waals surface area contributed by atoms with Gasteiger partial charge in [-0.15, -0.1) is 0 Å². The molecule has 2 aromatic rings. The predicted molar refractivity (Wildman–Crippen MR) is 77.5 cm³/mol. The second kappa shape index (κ2) is 5.53. The van der Waals surface area contributed by atoms with Crippen LogP contribution in [0.15, 0.2) is 24.4 Å². The molecule has 0 spiro atoms. The Hall–Kier alpha value is -1.03. The van der Waals surface area contributed by atoms with Crippen LogP contribution in [-0.2, 0) is 0 Å². The minimum Gasteiger partial charge on any atom is -0.287 e. The van der Waals surface area contributed by atoms with Crippen molar-refractivity contribution in [3.05, 3.63) is 50.7 Å². The summed E-state index contributed by atoms with van der Waals surface area (Å²) >= 11 is 17.8. The topological polar surface area (TPSA) is 34.9 Å². The van der Waals surface area contributed by atoms with Crippen molar-refractivity contribution in [1.82, 2.24) is 9.78 Å². The number of rotatable bonds is 3. The summed E-state index contributed by atoms with van der Waals surface area (Å²) in [6.07, 6.45) is 1.46. The van der Waals surface area contributed by atoms with E-state index in [-0.39, 0.29) is 11.8 Å². The standard InChI is InChI=1S/C13H11Cl3N2O/c1-7(2)18-12(11(16)6-17-18)13(19)8-3-4-9(14)10(15)5-8/h3-7H,1-2H3. The highest BCUT2D eigenvalue weighted by Crippen LogP contribution is 2.26. The zero-order valence-corrected chi connectivity index (χ0v) is 12.6. The maximum absolute atomic E-state index is 12.5. The Labute approximate surface area is 126 Å². The zero-order valence-electron chi connectivity index (χ0n) is 10.3. The summed E-state index contributed by atoms with van der Waals surface area (Å²) in [6.45, 7) is 3.85. The molecule has 19 heavy (non-hydrogen) atoms. The Morgan fingerprint density at radius 2 is 1.84 bits per heavy atom. The van der Waals surface area contributed by atoms with Gasteiger partial charge in [-0.05, 0) is 32.0 Å². The van der Waals surface area contributed by atoms with E-state index in [4.69, 9.17) is 34.8 Å². The maximum Gasteiger partial charge on any atom is 0.212 e. The molecule has 2 rings (SSSR count). The minimum absolute atomic E-state index is 0.0363. The number of nitrogens with zero attached hydrogens (tertiary/aromatic N) is 2. The third-order valence-corrected chi connectivity index (χ3v) is 3.65. The highest BCUT2D eigenvalue weighted by atomic mass is 35.5. The molecule has 1 heterocycles. The summed E-state index contributed by atoms with van der Waals surface area (Å²) in [4.78, 5) is 12.5. The quantitative estimate of drug-likeness (QED) is 0.772. The van der Waals surface area contributed by atoms with E-state index in [1.807, 2.05) is 13.8 Å². The van der Waals surface area contributed by atoms with E-state index in [1.54, 1.807) is 16.8 Å². The van der Waals surface area contributed by atoms with Gasteiger partial charge in [-0.3, -0.25) is 9.48 Å². The van der Waals surface area contributed by atoms with E-state index in [0.717, 1.165) is 0 Å². The van der Waals surface area contributed by atoms with E-state index >= 15 is 0 Å². The van der Waals surface area contributed by atoms with Gasteiger partial charge in [0.1, 0.15) is 5.69 Å². The molecule has 3 nitrogen and oxygen atoms in total. The number of hydrogen-bond donors (Lipinski definition) is 0. The number of carbonyl (C=O) groups excluding carboxylic acids is 1. The molecule has 0 amide bonds.